The third-order valence-corrected chi connectivity index (χ3v) is 3.97. The maximum absolute atomic E-state index is 12.2. The van der Waals surface area contributed by atoms with Gasteiger partial charge in [-0.05, 0) is 6.92 Å². The van der Waals surface area contributed by atoms with Gasteiger partial charge >= 0.3 is 0 Å². The number of hydrogen-bond donors (Lipinski definition) is 0. The van der Waals surface area contributed by atoms with Crippen molar-refractivity contribution in [2.24, 2.45) is 0 Å². The summed E-state index contributed by atoms with van der Waals surface area (Å²) in [7, 11) is 0. The Morgan fingerprint density at radius 3 is 2.80 bits per heavy atom. The summed E-state index contributed by atoms with van der Waals surface area (Å²) in [5, 5.41) is 2.66. The van der Waals surface area contributed by atoms with Crippen LogP contribution in [0.5, 0.6) is 0 Å². The summed E-state index contributed by atoms with van der Waals surface area (Å²) in [6.45, 7) is 5.96. The van der Waals surface area contributed by atoms with Gasteiger partial charge in [0.05, 0.1) is 10.5 Å². The third kappa shape index (κ3) is 3.35. The first kappa shape index (κ1) is 14.9. The molecule has 1 aromatic heterocycles. The van der Waals surface area contributed by atoms with E-state index in [0.717, 1.165) is 11.3 Å². The van der Waals surface area contributed by atoms with Gasteiger partial charge in [0.1, 0.15) is 0 Å². The highest BCUT2D eigenvalue weighted by molar-refractivity contribution is 9.10. The first-order chi connectivity index (χ1) is 9.63. The summed E-state index contributed by atoms with van der Waals surface area (Å²) < 4.78 is 0. The Hall–Kier alpha value is -1.46. The number of carbonyl (C=O) groups is 1. The molecule has 1 unspecified atom stereocenters. The van der Waals surface area contributed by atoms with Crippen LogP contribution < -0.4 is 4.90 Å². The van der Waals surface area contributed by atoms with E-state index in [2.05, 4.69) is 27.5 Å². The van der Waals surface area contributed by atoms with E-state index in [1.165, 1.54) is 11.3 Å². The molecule has 2 aromatic rings. The molecule has 1 atom stereocenters. The molecule has 0 fully saturated rings. The number of halogens is 1. The Kier molecular flexibility index (Phi) is 5.09. The van der Waals surface area contributed by atoms with Gasteiger partial charge in [-0.3, -0.25) is 9.69 Å². The lowest BCUT2D eigenvalue weighted by Gasteiger charge is -2.19. The fraction of sp³-hybridized carbons (Fsp3) is 0.200. The molecule has 1 aromatic carbocycles. The highest BCUT2D eigenvalue weighted by atomic mass is 79.9. The molecule has 0 N–H and O–H groups in total. The van der Waals surface area contributed by atoms with Gasteiger partial charge in [0, 0.05) is 17.5 Å². The van der Waals surface area contributed by atoms with Crippen LogP contribution in [0.25, 0.3) is 11.3 Å². The van der Waals surface area contributed by atoms with Gasteiger partial charge in [0.25, 0.3) is 0 Å². The molecule has 0 aliphatic rings. The molecule has 0 spiro atoms. The maximum atomic E-state index is 12.2. The number of amides is 1. The second-order valence-electron chi connectivity index (χ2n) is 4.23. The van der Waals surface area contributed by atoms with Crippen LogP contribution in [0.3, 0.4) is 0 Å². The summed E-state index contributed by atoms with van der Waals surface area (Å²) in [5.41, 5.74) is 1.93. The average Bonchev–Trinajstić information content (AvgIpc) is 2.94. The fourth-order valence-corrected chi connectivity index (χ4v) is 2.83. The smallest absolute Gasteiger partial charge is 0.242 e. The minimum absolute atomic E-state index is 0.0149. The van der Waals surface area contributed by atoms with Crippen molar-refractivity contribution in [2.45, 2.75) is 11.8 Å². The number of aromatic nitrogens is 1. The zero-order valence-corrected chi connectivity index (χ0v) is 13.5. The lowest BCUT2D eigenvalue weighted by molar-refractivity contribution is -0.117. The first-order valence-corrected chi connectivity index (χ1v) is 8.00. The van der Waals surface area contributed by atoms with E-state index < -0.39 is 0 Å². The molecule has 2 rings (SSSR count). The van der Waals surface area contributed by atoms with E-state index in [4.69, 9.17) is 0 Å². The molecule has 0 saturated carbocycles. The number of rotatable bonds is 5. The molecule has 1 heterocycles. The summed E-state index contributed by atoms with van der Waals surface area (Å²) in [5.74, 6) is -0.0149. The number of carbonyl (C=O) groups excluding carboxylic acids is 1. The van der Waals surface area contributed by atoms with Gasteiger partial charge < -0.3 is 0 Å². The lowest BCUT2D eigenvalue weighted by Crippen LogP contribution is -2.35. The first-order valence-electron chi connectivity index (χ1n) is 6.20. The second-order valence-corrected chi connectivity index (χ2v) is 6.44. The van der Waals surface area contributed by atoms with Gasteiger partial charge in [-0.15, -0.1) is 17.9 Å². The van der Waals surface area contributed by atoms with Crippen molar-refractivity contribution < 1.29 is 4.79 Å². The molecule has 1 amide bonds. The molecular formula is C15H15BrN2OS. The summed E-state index contributed by atoms with van der Waals surface area (Å²) in [6, 6.07) is 9.93. The molecule has 5 heteroatoms. The summed E-state index contributed by atoms with van der Waals surface area (Å²) in [6.07, 6.45) is 1.71. The number of hydrogen-bond acceptors (Lipinski definition) is 3. The van der Waals surface area contributed by atoms with E-state index in [0.29, 0.717) is 11.7 Å². The van der Waals surface area contributed by atoms with Gasteiger partial charge in [0.2, 0.25) is 5.91 Å². The number of alkyl halides is 1. The summed E-state index contributed by atoms with van der Waals surface area (Å²) in [4.78, 5) is 18.1. The zero-order chi connectivity index (χ0) is 14.5. The van der Waals surface area contributed by atoms with Gasteiger partial charge in [-0.1, -0.05) is 52.3 Å². The van der Waals surface area contributed by atoms with Crippen LogP contribution in [0.15, 0.2) is 48.4 Å². The molecule has 3 nitrogen and oxygen atoms in total. The molecule has 20 heavy (non-hydrogen) atoms. The average molecular weight is 351 g/mol. The van der Waals surface area contributed by atoms with E-state index in [9.17, 15) is 4.79 Å². The van der Waals surface area contributed by atoms with Gasteiger partial charge in [-0.25, -0.2) is 4.98 Å². The van der Waals surface area contributed by atoms with Crippen molar-refractivity contribution in [3.05, 3.63) is 48.4 Å². The van der Waals surface area contributed by atoms with Crippen molar-refractivity contribution in [1.82, 2.24) is 4.98 Å². The topological polar surface area (TPSA) is 33.2 Å². The number of thiazole rings is 1. The van der Waals surface area contributed by atoms with Crippen molar-refractivity contribution >= 4 is 38.3 Å². The van der Waals surface area contributed by atoms with E-state index in [1.807, 2.05) is 42.6 Å². The molecule has 0 radical (unpaired) electrons. The Balaban J connectivity index is 2.30. The normalized spacial score (nSPS) is 11.9. The summed E-state index contributed by atoms with van der Waals surface area (Å²) >= 11 is 4.77. The molecular weight excluding hydrogens is 336 g/mol. The van der Waals surface area contributed by atoms with Crippen LogP contribution in [0.2, 0.25) is 0 Å². The number of anilines is 1. The molecule has 104 valence electrons. The van der Waals surface area contributed by atoms with Crippen LogP contribution in [0, 0.1) is 0 Å². The molecule has 0 saturated heterocycles. The fourth-order valence-electron chi connectivity index (χ4n) is 1.74. The molecule has 0 bridgehead atoms. The third-order valence-electron chi connectivity index (χ3n) is 2.71. The minimum Gasteiger partial charge on any atom is -0.283 e. The van der Waals surface area contributed by atoms with Crippen LogP contribution in [0.1, 0.15) is 6.92 Å². The van der Waals surface area contributed by atoms with E-state index in [-0.39, 0.29) is 10.7 Å². The quantitative estimate of drug-likeness (QED) is 0.600. The Morgan fingerprint density at radius 1 is 1.50 bits per heavy atom. The van der Waals surface area contributed by atoms with Crippen molar-refractivity contribution in [2.75, 3.05) is 11.4 Å². The SMILES string of the molecule is C=CCN(C(=O)C(C)Br)c1nc(-c2ccccc2)cs1. The predicted octanol–water partition coefficient (Wildman–Crippen LogP) is 4.11. The monoisotopic (exact) mass is 350 g/mol. The van der Waals surface area contributed by atoms with E-state index in [1.54, 1.807) is 11.0 Å². The highest BCUT2D eigenvalue weighted by Gasteiger charge is 2.21. The largest absolute Gasteiger partial charge is 0.283 e. The standard InChI is InChI=1S/C15H15BrN2OS/c1-3-9-18(14(19)11(2)16)15-17-13(10-20-15)12-7-5-4-6-8-12/h3-8,10-11H,1,9H2,2H3. The molecule has 0 aliphatic carbocycles. The maximum Gasteiger partial charge on any atom is 0.242 e. The number of nitrogens with zero attached hydrogens (tertiary/aromatic N) is 2. The Morgan fingerprint density at radius 2 is 2.20 bits per heavy atom. The van der Waals surface area contributed by atoms with Crippen LogP contribution in [0.4, 0.5) is 5.13 Å². The lowest BCUT2D eigenvalue weighted by atomic mass is 10.2. The van der Waals surface area contributed by atoms with Crippen molar-refractivity contribution in [1.29, 1.82) is 0 Å². The number of benzene rings is 1. The highest BCUT2D eigenvalue weighted by Crippen LogP contribution is 2.28. The van der Waals surface area contributed by atoms with Crippen molar-refractivity contribution in [3.8, 4) is 11.3 Å². The van der Waals surface area contributed by atoms with Crippen LogP contribution in [-0.2, 0) is 4.79 Å². The van der Waals surface area contributed by atoms with Gasteiger partial charge in [0.15, 0.2) is 5.13 Å². The van der Waals surface area contributed by atoms with Crippen molar-refractivity contribution in [3.63, 3.8) is 0 Å². The van der Waals surface area contributed by atoms with E-state index >= 15 is 0 Å². The van der Waals surface area contributed by atoms with Gasteiger partial charge in [-0.2, -0.15) is 0 Å². The second kappa shape index (κ2) is 6.81. The predicted molar refractivity (Wildman–Crippen MR) is 88.5 cm³/mol. The van der Waals surface area contributed by atoms with Crippen LogP contribution >= 0.6 is 27.3 Å². The Labute approximate surface area is 131 Å². The Bertz CT molecular complexity index is 595. The van der Waals surface area contributed by atoms with Crippen LogP contribution in [-0.4, -0.2) is 22.3 Å². The minimum atomic E-state index is -0.244. The zero-order valence-electron chi connectivity index (χ0n) is 11.1. The molecule has 0 aliphatic heterocycles.